The highest BCUT2D eigenvalue weighted by Crippen LogP contribution is 2.41. The van der Waals surface area contributed by atoms with Crippen LogP contribution in [0.2, 0.25) is 0 Å². The van der Waals surface area contributed by atoms with Crippen LogP contribution in [-0.4, -0.2) is 39.4 Å². The summed E-state index contributed by atoms with van der Waals surface area (Å²) in [4.78, 5) is 43.4. The summed E-state index contributed by atoms with van der Waals surface area (Å²) in [5.74, 6) is -0.159. The third-order valence-electron chi connectivity index (χ3n) is 5.26. The van der Waals surface area contributed by atoms with E-state index in [0.29, 0.717) is 19.6 Å². The van der Waals surface area contributed by atoms with Crippen LogP contribution in [0.3, 0.4) is 0 Å². The van der Waals surface area contributed by atoms with Gasteiger partial charge in [-0.05, 0) is 12.5 Å². The summed E-state index contributed by atoms with van der Waals surface area (Å²) in [6.45, 7) is 3.00. The molecule has 8 heteroatoms. The summed E-state index contributed by atoms with van der Waals surface area (Å²) in [6.07, 6.45) is 2.51. The van der Waals surface area contributed by atoms with Gasteiger partial charge in [-0.15, -0.1) is 11.3 Å². The molecule has 136 valence electrons. The first-order chi connectivity index (χ1) is 12.5. The Morgan fingerprint density at radius 1 is 1.35 bits per heavy atom. The van der Waals surface area contributed by atoms with Gasteiger partial charge in [0.05, 0.1) is 6.54 Å². The SMILES string of the molecule is CC(=O)N1C[C@H]2C[C@@H](C1)[C@H](C(=O)NCc1nccs1)n1c2cccc1=O. The summed E-state index contributed by atoms with van der Waals surface area (Å²) >= 11 is 1.48. The number of piperidine rings is 1. The number of likely N-dealkylation sites (tertiary alicyclic amines) is 1. The Morgan fingerprint density at radius 3 is 2.92 bits per heavy atom. The summed E-state index contributed by atoms with van der Waals surface area (Å²) in [5.41, 5.74) is 0.678. The van der Waals surface area contributed by atoms with E-state index in [2.05, 4.69) is 10.3 Å². The molecule has 26 heavy (non-hydrogen) atoms. The number of nitrogens with one attached hydrogen (secondary N) is 1. The van der Waals surface area contributed by atoms with Gasteiger partial charge in [-0.25, -0.2) is 4.98 Å². The van der Waals surface area contributed by atoms with Gasteiger partial charge in [-0.1, -0.05) is 6.07 Å². The Hall–Kier alpha value is -2.48. The summed E-state index contributed by atoms with van der Waals surface area (Å²) < 4.78 is 1.63. The highest BCUT2D eigenvalue weighted by Gasteiger charge is 2.44. The van der Waals surface area contributed by atoms with E-state index < -0.39 is 6.04 Å². The van der Waals surface area contributed by atoms with Crippen LogP contribution in [0.4, 0.5) is 0 Å². The maximum absolute atomic E-state index is 13.0. The highest BCUT2D eigenvalue weighted by molar-refractivity contribution is 7.09. The van der Waals surface area contributed by atoms with E-state index >= 15 is 0 Å². The average Bonchev–Trinajstić information content (AvgIpc) is 3.14. The first-order valence-corrected chi connectivity index (χ1v) is 9.55. The fraction of sp³-hybridized carbons (Fsp3) is 0.444. The van der Waals surface area contributed by atoms with Crippen molar-refractivity contribution in [1.82, 2.24) is 19.8 Å². The second-order valence-corrected chi connectivity index (χ2v) is 7.84. The number of hydrogen-bond acceptors (Lipinski definition) is 5. The molecule has 2 aliphatic rings. The van der Waals surface area contributed by atoms with Gasteiger partial charge in [0, 0.05) is 55.2 Å². The molecule has 2 aromatic heterocycles. The van der Waals surface area contributed by atoms with E-state index in [4.69, 9.17) is 0 Å². The number of amides is 2. The minimum Gasteiger partial charge on any atom is -0.348 e. The molecule has 0 radical (unpaired) electrons. The molecule has 2 bridgehead atoms. The number of thiazole rings is 1. The van der Waals surface area contributed by atoms with Crippen molar-refractivity contribution in [2.24, 2.45) is 5.92 Å². The monoisotopic (exact) mass is 372 g/mol. The average molecular weight is 372 g/mol. The zero-order chi connectivity index (χ0) is 18.3. The minimum atomic E-state index is -0.600. The standard InChI is InChI=1S/C18H20N4O3S/c1-11(23)21-9-12-7-13(10-21)17(22-14(12)3-2-4-16(22)24)18(25)20-8-15-19-5-6-26-15/h2-6,12-13,17H,7-10H2,1H3,(H,20,25)/t12-,13+,17-/m1/s1. The summed E-state index contributed by atoms with van der Waals surface area (Å²) in [5, 5.41) is 5.60. The molecule has 0 unspecified atom stereocenters. The van der Waals surface area contributed by atoms with Gasteiger partial charge in [0.15, 0.2) is 0 Å². The topological polar surface area (TPSA) is 84.3 Å². The fourth-order valence-corrected chi connectivity index (χ4v) is 4.69. The number of carbonyl (C=O) groups excluding carboxylic acids is 2. The number of pyridine rings is 1. The van der Waals surface area contributed by atoms with Crippen molar-refractivity contribution in [2.75, 3.05) is 13.1 Å². The molecule has 1 fully saturated rings. The molecule has 1 saturated heterocycles. The predicted octanol–water partition coefficient (Wildman–Crippen LogP) is 1.13. The zero-order valence-electron chi connectivity index (χ0n) is 14.4. The normalized spacial score (nSPS) is 24.0. The van der Waals surface area contributed by atoms with Crippen LogP contribution < -0.4 is 10.9 Å². The Bertz CT molecular complexity index is 892. The first kappa shape index (κ1) is 17.0. The largest absolute Gasteiger partial charge is 0.348 e. The molecule has 2 aliphatic heterocycles. The molecule has 1 N–H and O–H groups in total. The van der Waals surface area contributed by atoms with Crippen LogP contribution in [0.25, 0.3) is 0 Å². The van der Waals surface area contributed by atoms with Crippen LogP contribution in [0.1, 0.15) is 36.0 Å². The number of fused-ring (bicyclic) bond motifs is 4. The maximum atomic E-state index is 13.0. The fourth-order valence-electron chi connectivity index (χ4n) is 4.14. The van der Waals surface area contributed by atoms with Crippen LogP contribution in [0, 0.1) is 5.92 Å². The molecule has 0 saturated carbocycles. The minimum absolute atomic E-state index is 0.00775. The van der Waals surface area contributed by atoms with Gasteiger partial charge in [0.25, 0.3) is 5.56 Å². The van der Waals surface area contributed by atoms with E-state index in [1.54, 1.807) is 28.7 Å². The van der Waals surface area contributed by atoms with Gasteiger partial charge < -0.3 is 10.2 Å². The molecule has 2 amide bonds. The lowest BCUT2D eigenvalue weighted by molar-refractivity contribution is -0.135. The number of nitrogens with zero attached hydrogens (tertiary/aromatic N) is 3. The van der Waals surface area contributed by atoms with Crippen molar-refractivity contribution in [1.29, 1.82) is 0 Å². The molecule has 0 aromatic carbocycles. The molecular weight excluding hydrogens is 352 g/mol. The van der Waals surface area contributed by atoms with Crippen molar-refractivity contribution < 1.29 is 9.59 Å². The Morgan fingerprint density at radius 2 is 2.19 bits per heavy atom. The lowest BCUT2D eigenvalue weighted by Gasteiger charge is -2.46. The Balaban J connectivity index is 1.67. The van der Waals surface area contributed by atoms with Crippen LogP contribution in [-0.2, 0) is 16.1 Å². The molecule has 4 heterocycles. The van der Waals surface area contributed by atoms with Gasteiger partial charge >= 0.3 is 0 Å². The van der Waals surface area contributed by atoms with Crippen molar-refractivity contribution in [3.8, 4) is 0 Å². The molecule has 0 aliphatic carbocycles. The van der Waals surface area contributed by atoms with Gasteiger partial charge in [-0.2, -0.15) is 0 Å². The highest BCUT2D eigenvalue weighted by atomic mass is 32.1. The van der Waals surface area contributed by atoms with Gasteiger partial charge in [0.2, 0.25) is 11.8 Å². The zero-order valence-corrected chi connectivity index (χ0v) is 15.2. The molecule has 4 rings (SSSR count). The quantitative estimate of drug-likeness (QED) is 0.875. The van der Waals surface area contributed by atoms with Crippen LogP contribution in [0.5, 0.6) is 0 Å². The van der Waals surface area contributed by atoms with E-state index in [0.717, 1.165) is 17.1 Å². The molecule has 3 atom stereocenters. The summed E-state index contributed by atoms with van der Waals surface area (Å²) in [7, 11) is 0. The van der Waals surface area contributed by atoms with Crippen LogP contribution >= 0.6 is 11.3 Å². The van der Waals surface area contributed by atoms with Crippen molar-refractivity contribution in [3.63, 3.8) is 0 Å². The third kappa shape index (κ3) is 2.94. The van der Waals surface area contributed by atoms with Crippen molar-refractivity contribution in [3.05, 3.63) is 50.8 Å². The second kappa shape index (κ2) is 6.68. The van der Waals surface area contributed by atoms with Crippen molar-refractivity contribution >= 4 is 23.2 Å². The van der Waals surface area contributed by atoms with Crippen molar-refractivity contribution in [2.45, 2.75) is 31.8 Å². The number of aromatic nitrogens is 2. The lowest BCUT2D eigenvalue weighted by Crippen LogP contribution is -2.54. The van der Waals surface area contributed by atoms with E-state index in [9.17, 15) is 14.4 Å². The maximum Gasteiger partial charge on any atom is 0.251 e. The lowest BCUT2D eigenvalue weighted by atomic mass is 9.78. The summed E-state index contributed by atoms with van der Waals surface area (Å²) in [6, 6.07) is 4.52. The Labute approximate surface area is 154 Å². The van der Waals surface area contributed by atoms with Gasteiger partial charge in [0.1, 0.15) is 11.0 Å². The number of rotatable bonds is 3. The van der Waals surface area contributed by atoms with E-state index in [1.807, 2.05) is 11.4 Å². The second-order valence-electron chi connectivity index (χ2n) is 6.86. The van der Waals surface area contributed by atoms with E-state index in [1.165, 1.54) is 17.4 Å². The molecule has 7 nitrogen and oxygen atoms in total. The van der Waals surface area contributed by atoms with Gasteiger partial charge in [-0.3, -0.25) is 19.0 Å². The number of hydrogen-bond donors (Lipinski definition) is 1. The smallest absolute Gasteiger partial charge is 0.251 e. The third-order valence-corrected chi connectivity index (χ3v) is 6.04. The molecular formula is C18H20N4O3S. The Kier molecular flexibility index (Phi) is 4.36. The first-order valence-electron chi connectivity index (χ1n) is 8.67. The van der Waals surface area contributed by atoms with E-state index in [-0.39, 0.29) is 29.2 Å². The molecule has 2 aromatic rings. The number of carbonyl (C=O) groups is 2. The molecule has 0 spiro atoms. The predicted molar refractivity (Wildman–Crippen MR) is 96.8 cm³/mol. The van der Waals surface area contributed by atoms with Crippen LogP contribution in [0.15, 0.2) is 34.6 Å².